The third kappa shape index (κ3) is 3.41. The van der Waals surface area contributed by atoms with Crippen LogP contribution in [-0.2, 0) is 29.0 Å². The van der Waals surface area contributed by atoms with E-state index in [1.807, 2.05) is 12.1 Å². The molecule has 0 bridgehead atoms. The third-order valence-corrected chi connectivity index (χ3v) is 6.97. The number of aryl methyl sites for hydroxylation is 2. The van der Waals surface area contributed by atoms with Crippen molar-refractivity contribution < 1.29 is 9.59 Å². The van der Waals surface area contributed by atoms with Gasteiger partial charge in [-0.3, -0.25) is 19.0 Å². The number of amides is 2. The van der Waals surface area contributed by atoms with E-state index in [4.69, 9.17) is 0 Å². The third-order valence-electron chi connectivity index (χ3n) is 5.77. The molecule has 0 spiro atoms. The Bertz CT molecular complexity index is 1210. The second-order valence-corrected chi connectivity index (χ2v) is 8.90. The summed E-state index contributed by atoms with van der Waals surface area (Å²) in [4.78, 5) is 45.8. The molecule has 1 aliphatic heterocycles. The number of hydrogen-bond acceptors (Lipinski definition) is 5. The van der Waals surface area contributed by atoms with Crippen molar-refractivity contribution in [3.63, 3.8) is 0 Å². The fourth-order valence-corrected chi connectivity index (χ4v) is 5.54. The van der Waals surface area contributed by atoms with Crippen molar-refractivity contribution >= 4 is 44.7 Å². The van der Waals surface area contributed by atoms with Gasteiger partial charge in [-0.2, -0.15) is 0 Å². The van der Waals surface area contributed by atoms with Crippen LogP contribution in [0.5, 0.6) is 0 Å². The van der Waals surface area contributed by atoms with Crippen molar-refractivity contribution in [1.29, 1.82) is 0 Å². The van der Waals surface area contributed by atoms with Gasteiger partial charge < -0.3 is 10.2 Å². The maximum absolute atomic E-state index is 13.0. The largest absolute Gasteiger partial charge is 0.324 e. The molecule has 3 heterocycles. The molecular weight excluding hydrogens is 400 g/mol. The summed E-state index contributed by atoms with van der Waals surface area (Å²) in [7, 11) is 0. The molecule has 7 nitrogen and oxygen atoms in total. The molecule has 30 heavy (non-hydrogen) atoms. The van der Waals surface area contributed by atoms with Crippen LogP contribution in [0, 0.1) is 0 Å². The Kier molecular flexibility index (Phi) is 4.86. The minimum Gasteiger partial charge on any atom is -0.324 e. The van der Waals surface area contributed by atoms with Gasteiger partial charge >= 0.3 is 0 Å². The number of thiophene rings is 1. The molecule has 3 aromatic rings. The van der Waals surface area contributed by atoms with Gasteiger partial charge in [0.1, 0.15) is 11.4 Å². The molecule has 0 radical (unpaired) electrons. The molecule has 2 amide bonds. The van der Waals surface area contributed by atoms with Gasteiger partial charge in [-0.15, -0.1) is 11.3 Å². The molecule has 0 saturated carbocycles. The van der Waals surface area contributed by atoms with Gasteiger partial charge in [-0.1, -0.05) is 6.07 Å². The molecule has 1 aromatic carbocycles. The minimum atomic E-state index is -0.299. The maximum atomic E-state index is 13.0. The van der Waals surface area contributed by atoms with E-state index in [-0.39, 0.29) is 23.9 Å². The summed E-state index contributed by atoms with van der Waals surface area (Å²) in [5, 5.41) is 3.52. The first-order chi connectivity index (χ1) is 14.6. The monoisotopic (exact) mass is 422 g/mol. The normalized spacial score (nSPS) is 16.1. The summed E-state index contributed by atoms with van der Waals surface area (Å²) in [5.41, 5.74) is 2.36. The van der Waals surface area contributed by atoms with Crippen LogP contribution in [0.1, 0.15) is 36.1 Å². The first-order valence-corrected chi connectivity index (χ1v) is 11.1. The molecule has 2 aromatic heterocycles. The molecule has 2 aliphatic rings. The standard InChI is InChI=1S/C22H22N4O3S/c27-18(24-14-5-3-6-15(11-14)26-10-4-9-19(26)28)12-25-13-23-21-20(22(25)29)16-7-1-2-8-17(16)30-21/h3,5-6,11,13H,1-2,4,7-10,12H2,(H,24,27). The first-order valence-electron chi connectivity index (χ1n) is 10.3. The van der Waals surface area contributed by atoms with Crippen LogP contribution in [0.15, 0.2) is 35.4 Å². The Labute approximate surface area is 177 Å². The van der Waals surface area contributed by atoms with Crippen LogP contribution in [0.4, 0.5) is 11.4 Å². The Morgan fingerprint density at radius 2 is 2.00 bits per heavy atom. The summed E-state index contributed by atoms with van der Waals surface area (Å²) < 4.78 is 1.38. The molecule has 154 valence electrons. The van der Waals surface area contributed by atoms with E-state index in [0.717, 1.165) is 48.2 Å². The van der Waals surface area contributed by atoms with Gasteiger partial charge in [0.2, 0.25) is 11.8 Å². The number of anilines is 2. The van der Waals surface area contributed by atoms with E-state index in [0.29, 0.717) is 24.0 Å². The lowest BCUT2D eigenvalue weighted by molar-refractivity contribution is -0.117. The first kappa shape index (κ1) is 19.0. The Hall–Kier alpha value is -3.00. The van der Waals surface area contributed by atoms with E-state index < -0.39 is 0 Å². The van der Waals surface area contributed by atoms with Gasteiger partial charge in [0.15, 0.2) is 0 Å². The average Bonchev–Trinajstić information content (AvgIpc) is 3.34. The van der Waals surface area contributed by atoms with Crippen molar-refractivity contribution in [2.75, 3.05) is 16.8 Å². The molecular formula is C22H22N4O3S. The summed E-state index contributed by atoms with van der Waals surface area (Å²) >= 11 is 1.60. The van der Waals surface area contributed by atoms with Gasteiger partial charge in [-0.05, 0) is 55.9 Å². The van der Waals surface area contributed by atoms with E-state index >= 15 is 0 Å². The molecule has 8 heteroatoms. The van der Waals surface area contributed by atoms with Crippen LogP contribution in [-0.4, -0.2) is 27.9 Å². The van der Waals surface area contributed by atoms with E-state index in [1.54, 1.807) is 28.4 Å². The number of rotatable bonds is 4. The molecule has 1 N–H and O–H groups in total. The van der Waals surface area contributed by atoms with Crippen LogP contribution in [0.2, 0.25) is 0 Å². The fraction of sp³-hybridized carbons (Fsp3) is 0.364. The lowest BCUT2D eigenvalue weighted by atomic mass is 9.97. The zero-order valence-electron chi connectivity index (χ0n) is 16.5. The lowest BCUT2D eigenvalue weighted by Gasteiger charge is -2.17. The zero-order chi connectivity index (χ0) is 20.7. The Morgan fingerprint density at radius 3 is 2.83 bits per heavy atom. The molecule has 0 unspecified atom stereocenters. The van der Waals surface area contributed by atoms with Gasteiger partial charge in [0.25, 0.3) is 5.56 Å². The Morgan fingerprint density at radius 1 is 1.13 bits per heavy atom. The number of hydrogen-bond donors (Lipinski definition) is 1. The number of benzene rings is 1. The molecule has 1 saturated heterocycles. The van der Waals surface area contributed by atoms with E-state index in [1.165, 1.54) is 15.8 Å². The summed E-state index contributed by atoms with van der Waals surface area (Å²) in [6.45, 7) is 0.599. The van der Waals surface area contributed by atoms with Crippen molar-refractivity contribution in [3.8, 4) is 0 Å². The van der Waals surface area contributed by atoms with Crippen LogP contribution in [0.25, 0.3) is 10.2 Å². The topological polar surface area (TPSA) is 84.3 Å². The summed E-state index contributed by atoms with van der Waals surface area (Å²) in [6, 6.07) is 7.25. The highest BCUT2D eigenvalue weighted by atomic mass is 32.1. The number of nitrogens with one attached hydrogen (secondary N) is 1. The fourth-order valence-electron chi connectivity index (χ4n) is 4.32. The molecule has 1 fully saturated rings. The number of carbonyl (C=O) groups is 2. The van der Waals surface area contributed by atoms with Crippen molar-refractivity contribution in [3.05, 3.63) is 51.4 Å². The number of aromatic nitrogens is 2. The minimum absolute atomic E-state index is 0.0980. The van der Waals surface area contributed by atoms with Gasteiger partial charge in [0, 0.05) is 29.2 Å². The van der Waals surface area contributed by atoms with Crippen molar-refractivity contribution in [2.45, 2.75) is 45.1 Å². The SMILES string of the molecule is O=C(Cn1cnc2sc3c(c2c1=O)CCCC3)Nc1cccc(N2CCCC2=O)c1. The average molecular weight is 423 g/mol. The maximum Gasteiger partial charge on any atom is 0.262 e. The molecule has 1 aliphatic carbocycles. The predicted molar refractivity (Wildman–Crippen MR) is 117 cm³/mol. The highest BCUT2D eigenvalue weighted by Crippen LogP contribution is 2.33. The van der Waals surface area contributed by atoms with Gasteiger partial charge in [-0.25, -0.2) is 4.98 Å². The second-order valence-electron chi connectivity index (χ2n) is 7.82. The lowest BCUT2D eigenvalue weighted by Crippen LogP contribution is -2.28. The van der Waals surface area contributed by atoms with Crippen LogP contribution in [0.3, 0.4) is 0 Å². The van der Waals surface area contributed by atoms with Crippen molar-refractivity contribution in [2.24, 2.45) is 0 Å². The highest BCUT2D eigenvalue weighted by Gasteiger charge is 2.22. The molecule has 0 atom stereocenters. The number of nitrogens with zero attached hydrogens (tertiary/aromatic N) is 3. The number of carbonyl (C=O) groups excluding carboxylic acids is 2. The Balaban J connectivity index is 1.36. The van der Waals surface area contributed by atoms with Crippen LogP contribution < -0.4 is 15.8 Å². The smallest absolute Gasteiger partial charge is 0.262 e. The zero-order valence-corrected chi connectivity index (χ0v) is 17.3. The second kappa shape index (κ2) is 7.68. The highest BCUT2D eigenvalue weighted by molar-refractivity contribution is 7.18. The summed E-state index contributed by atoms with van der Waals surface area (Å²) in [6.07, 6.45) is 7.02. The number of fused-ring (bicyclic) bond motifs is 3. The van der Waals surface area contributed by atoms with Crippen molar-refractivity contribution in [1.82, 2.24) is 9.55 Å². The summed E-state index contributed by atoms with van der Waals surface area (Å²) in [5.74, 6) is -0.198. The van der Waals surface area contributed by atoms with E-state index in [9.17, 15) is 14.4 Å². The predicted octanol–water partition coefficient (Wildman–Crippen LogP) is 3.10. The molecule has 5 rings (SSSR count). The van der Waals surface area contributed by atoms with Gasteiger partial charge in [0.05, 0.1) is 11.7 Å². The quantitative estimate of drug-likeness (QED) is 0.700. The van der Waals surface area contributed by atoms with E-state index in [2.05, 4.69) is 10.3 Å². The van der Waals surface area contributed by atoms with Crippen LogP contribution >= 0.6 is 11.3 Å².